The second-order valence-corrected chi connectivity index (χ2v) is 6.52. The Bertz CT molecular complexity index is 318. The fourth-order valence-corrected chi connectivity index (χ4v) is 2.66. The molecule has 0 heterocycles. The van der Waals surface area contributed by atoms with Crippen molar-refractivity contribution in [3.8, 4) is 0 Å². The summed E-state index contributed by atoms with van der Waals surface area (Å²) in [5.74, 6) is -0.552. The van der Waals surface area contributed by atoms with Gasteiger partial charge in [-0.05, 0) is 19.8 Å². The Morgan fingerprint density at radius 3 is 1.96 bits per heavy atom. The maximum atomic E-state index is 11.4. The van der Waals surface area contributed by atoms with Gasteiger partial charge in [0.1, 0.15) is 6.04 Å². The highest BCUT2D eigenvalue weighted by Crippen LogP contribution is 2.12. The summed E-state index contributed by atoms with van der Waals surface area (Å²) in [6, 6.07) is -0.987. The Morgan fingerprint density at radius 2 is 1.46 bits per heavy atom. The first-order chi connectivity index (χ1) is 11.6. The van der Waals surface area contributed by atoms with Crippen molar-refractivity contribution in [3.05, 3.63) is 12.2 Å². The van der Waals surface area contributed by atoms with Crippen LogP contribution in [0, 0.1) is 0 Å². The first-order valence-electron chi connectivity index (χ1n) is 9.90. The quantitative estimate of drug-likeness (QED) is 0.246. The Balaban J connectivity index is 3.44. The molecule has 2 atom stereocenters. The third-order valence-corrected chi connectivity index (χ3v) is 4.23. The van der Waals surface area contributed by atoms with E-state index in [-0.39, 0.29) is 6.61 Å². The van der Waals surface area contributed by atoms with Crippen LogP contribution >= 0.6 is 0 Å². The number of aliphatic hydroxyl groups excluding tert-OH is 1. The molecule has 0 aromatic rings. The lowest BCUT2D eigenvalue weighted by Gasteiger charge is -2.13. The van der Waals surface area contributed by atoms with Gasteiger partial charge in [0.25, 0.3) is 0 Å². The molecule has 0 rings (SSSR count). The summed E-state index contributed by atoms with van der Waals surface area (Å²) in [6.45, 7) is 4.26. The molecule has 0 spiro atoms. The molecule has 4 nitrogen and oxygen atoms in total. The van der Waals surface area contributed by atoms with Gasteiger partial charge in [0.05, 0.1) is 12.7 Å². The summed E-state index contributed by atoms with van der Waals surface area (Å²) in [7, 11) is 0. The lowest BCUT2D eigenvalue weighted by atomic mass is 10.0. The molecular weight excluding hydrogens is 302 g/mol. The third kappa shape index (κ3) is 13.6. The molecule has 0 saturated carbocycles. The second-order valence-electron chi connectivity index (χ2n) is 6.52. The molecule has 0 saturated heterocycles. The van der Waals surface area contributed by atoms with Crippen LogP contribution in [0.15, 0.2) is 12.2 Å². The van der Waals surface area contributed by atoms with Gasteiger partial charge in [-0.3, -0.25) is 4.79 Å². The molecule has 0 aliphatic carbocycles. The van der Waals surface area contributed by atoms with Crippen LogP contribution in [-0.2, 0) is 9.53 Å². The number of aliphatic hydroxyl groups is 1. The van der Waals surface area contributed by atoms with E-state index in [4.69, 9.17) is 10.5 Å². The molecular formula is C20H39NO3. The zero-order valence-electron chi connectivity index (χ0n) is 15.8. The fourth-order valence-electron chi connectivity index (χ4n) is 2.66. The highest BCUT2D eigenvalue weighted by atomic mass is 16.5. The highest BCUT2D eigenvalue weighted by molar-refractivity contribution is 5.76. The average molecular weight is 342 g/mol. The van der Waals surface area contributed by atoms with Gasteiger partial charge in [0.2, 0.25) is 0 Å². The largest absolute Gasteiger partial charge is 0.465 e. The van der Waals surface area contributed by atoms with E-state index >= 15 is 0 Å². The molecule has 0 aromatic heterocycles. The van der Waals surface area contributed by atoms with Crippen LogP contribution < -0.4 is 5.73 Å². The minimum Gasteiger partial charge on any atom is -0.465 e. The predicted octanol–water partition coefficient (Wildman–Crippen LogP) is 4.50. The predicted molar refractivity (Wildman–Crippen MR) is 101 cm³/mol. The summed E-state index contributed by atoms with van der Waals surface area (Å²) >= 11 is 0. The van der Waals surface area contributed by atoms with Gasteiger partial charge in [0, 0.05) is 0 Å². The number of esters is 1. The molecule has 3 N–H and O–H groups in total. The van der Waals surface area contributed by atoms with Crippen LogP contribution in [-0.4, -0.2) is 29.8 Å². The van der Waals surface area contributed by atoms with E-state index in [9.17, 15) is 9.90 Å². The van der Waals surface area contributed by atoms with E-state index < -0.39 is 18.1 Å². The van der Waals surface area contributed by atoms with E-state index in [1.54, 1.807) is 13.0 Å². The number of carbonyl (C=O) groups excluding carboxylic acids is 1. The molecule has 4 heteroatoms. The van der Waals surface area contributed by atoms with Gasteiger partial charge in [-0.15, -0.1) is 0 Å². The zero-order valence-corrected chi connectivity index (χ0v) is 15.8. The fraction of sp³-hybridized carbons (Fsp3) is 0.850. The van der Waals surface area contributed by atoms with E-state index in [0.29, 0.717) is 0 Å². The standard InChI is InChI=1S/C20H39NO3/c1-3-5-6-7-8-9-10-11-12-13-14-15-16-17-18(22)19(21)20(23)24-4-2/h16-19,22H,3-15,21H2,1-2H3/b17-16+. The van der Waals surface area contributed by atoms with Crippen LogP contribution in [0.3, 0.4) is 0 Å². The van der Waals surface area contributed by atoms with Gasteiger partial charge in [-0.25, -0.2) is 0 Å². The van der Waals surface area contributed by atoms with Crippen molar-refractivity contribution < 1.29 is 14.6 Å². The molecule has 0 aliphatic rings. The van der Waals surface area contributed by atoms with Gasteiger partial charge < -0.3 is 15.6 Å². The van der Waals surface area contributed by atoms with Gasteiger partial charge in [0.15, 0.2) is 0 Å². The van der Waals surface area contributed by atoms with E-state index in [1.165, 1.54) is 64.2 Å². The lowest BCUT2D eigenvalue weighted by Crippen LogP contribution is -2.42. The highest BCUT2D eigenvalue weighted by Gasteiger charge is 2.21. The van der Waals surface area contributed by atoms with E-state index in [1.807, 2.05) is 6.08 Å². The molecule has 0 bridgehead atoms. The molecule has 142 valence electrons. The zero-order chi connectivity index (χ0) is 18.0. The number of rotatable bonds is 16. The van der Waals surface area contributed by atoms with Crippen LogP contribution in [0.25, 0.3) is 0 Å². The van der Waals surface area contributed by atoms with Crippen LogP contribution in [0.1, 0.15) is 90.9 Å². The Hall–Kier alpha value is -0.870. The number of hydrogen-bond acceptors (Lipinski definition) is 4. The minimum atomic E-state index is -0.987. The smallest absolute Gasteiger partial charge is 0.325 e. The van der Waals surface area contributed by atoms with Gasteiger partial charge in [-0.2, -0.15) is 0 Å². The van der Waals surface area contributed by atoms with E-state index in [2.05, 4.69) is 6.92 Å². The van der Waals surface area contributed by atoms with Crippen molar-refractivity contribution in [2.24, 2.45) is 5.73 Å². The van der Waals surface area contributed by atoms with Crippen LogP contribution in [0.4, 0.5) is 0 Å². The van der Waals surface area contributed by atoms with Crippen molar-refractivity contribution in [1.82, 2.24) is 0 Å². The number of allylic oxidation sites excluding steroid dienone is 1. The summed E-state index contributed by atoms with van der Waals surface area (Å²) < 4.78 is 4.79. The molecule has 0 aromatic carbocycles. The number of carbonyl (C=O) groups is 1. The van der Waals surface area contributed by atoms with Crippen molar-refractivity contribution >= 4 is 5.97 Å². The second kappa shape index (κ2) is 17.0. The number of hydrogen-bond donors (Lipinski definition) is 2. The number of ether oxygens (including phenoxy) is 1. The maximum Gasteiger partial charge on any atom is 0.325 e. The first kappa shape index (κ1) is 23.1. The van der Waals surface area contributed by atoms with Crippen LogP contribution in [0.2, 0.25) is 0 Å². The maximum absolute atomic E-state index is 11.4. The SMILES string of the molecule is CCCCCCCCCCCCC/C=C/C(O)C(N)C(=O)OCC. The summed E-state index contributed by atoms with van der Waals surface area (Å²) in [6.07, 6.45) is 18.1. The minimum absolute atomic E-state index is 0.279. The normalized spacial score (nSPS) is 14.0. The van der Waals surface area contributed by atoms with Crippen molar-refractivity contribution in [2.45, 2.75) is 103 Å². The van der Waals surface area contributed by atoms with Gasteiger partial charge in [-0.1, -0.05) is 83.3 Å². The summed E-state index contributed by atoms with van der Waals surface area (Å²) in [4.78, 5) is 11.4. The molecule has 0 fully saturated rings. The van der Waals surface area contributed by atoms with E-state index in [0.717, 1.165) is 12.8 Å². The van der Waals surface area contributed by atoms with Crippen molar-refractivity contribution in [3.63, 3.8) is 0 Å². The van der Waals surface area contributed by atoms with Crippen LogP contribution in [0.5, 0.6) is 0 Å². The number of nitrogens with two attached hydrogens (primary N) is 1. The Kier molecular flexibility index (Phi) is 16.4. The van der Waals surface area contributed by atoms with Gasteiger partial charge >= 0.3 is 5.97 Å². The number of unbranched alkanes of at least 4 members (excludes halogenated alkanes) is 11. The Morgan fingerprint density at radius 1 is 0.958 bits per heavy atom. The Labute approximate surface area is 148 Å². The topological polar surface area (TPSA) is 72.5 Å². The summed E-state index contributed by atoms with van der Waals surface area (Å²) in [5, 5.41) is 9.78. The first-order valence-corrected chi connectivity index (χ1v) is 9.90. The summed E-state index contributed by atoms with van der Waals surface area (Å²) in [5.41, 5.74) is 5.62. The molecule has 2 unspecified atom stereocenters. The molecule has 0 radical (unpaired) electrons. The average Bonchev–Trinajstić information content (AvgIpc) is 2.58. The molecule has 0 aliphatic heterocycles. The molecule has 24 heavy (non-hydrogen) atoms. The third-order valence-electron chi connectivity index (χ3n) is 4.23. The lowest BCUT2D eigenvalue weighted by molar-refractivity contribution is -0.146. The van der Waals surface area contributed by atoms with Crippen molar-refractivity contribution in [2.75, 3.05) is 6.61 Å². The molecule has 0 amide bonds. The van der Waals surface area contributed by atoms with Crippen molar-refractivity contribution in [1.29, 1.82) is 0 Å². The monoisotopic (exact) mass is 341 g/mol.